The second-order valence-corrected chi connectivity index (χ2v) is 26.7. The molecule has 0 amide bonds. The van der Waals surface area contributed by atoms with Crippen LogP contribution in [-0.2, 0) is 21.7 Å². The van der Waals surface area contributed by atoms with Crippen molar-refractivity contribution in [1.29, 1.82) is 0 Å². The molecular weight excluding hydrogens is 1050 g/mol. The van der Waals surface area contributed by atoms with Gasteiger partial charge in [-0.15, -0.1) is 0 Å². The maximum absolute atomic E-state index is 5.20. The van der Waals surface area contributed by atoms with Crippen LogP contribution >= 0.6 is 0 Å². The van der Waals surface area contributed by atoms with Gasteiger partial charge in [0.15, 0.2) is 17.5 Å². The summed E-state index contributed by atoms with van der Waals surface area (Å²) in [6.07, 6.45) is 9.61. The molecule has 8 aromatic rings. The van der Waals surface area contributed by atoms with Crippen LogP contribution in [0.3, 0.4) is 0 Å². The molecule has 86 heavy (non-hydrogen) atoms. The first-order valence-corrected chi connectivity index (χ1v) is 30.0. The molecule has 10 heteroatoms. The van der Waals surface area contributed by atoms with Gasteiger partial charge in [0.05, 0.1) is 6.04 Å². The van der Waals surface area contributed by atoms with E-state index in [0.717, 1.165) is 68.6 Å². The lowest BCUT2D eigenvalue weighted by molar-refractivity contribution is 0.590. The lowest BCUT2D eigenvalue weighted by atomic mass is 9.86. The van der Waals surface area contributed by atoms with Gasteiger partial charge in [-0.25, -0.2) is 4.90 Å². The Labute approximate surface area is 508 Å². The Morgan fingerprint density at radius 1 is 0.314 bits per heavy atom. The first kappa shape index (κ1) is 56.9. The summed E-state index contributed by atoms with van der Waals surface area (Å²) in [6, 6.07) is 71.7. The summed E-state index contributed by atoms with van der Waals surface area (Å²) < 4.78 is 0. The average Bonchev–Trinajstić information content (AvgIpc) is 1.08. The van der Waals surface area contributed by atoms with Crippen LogP contribution in [0.5, 0.6) is 0 Å². The lowest BCUT2D eigenvalue weighted by Gasteiger charge is -2.33. The number of guanidine groups is 3. The zero-order valence-corrected chi connectivity index (χ0v) is 51.6. The van der Waals surface area contributed by atoms with Crippen molar-refractivity contribution >= 4 is 80.9 Å². The SMILES string of the molecule is CC(C)(C)c1ccc(N(c2ccc(C3=NC4=NC(c5ccc(N(c6ccc(C(C)(C)C)cc6)c6ccc(C(C)(C)C)cc6)cc5)=NC5=NC(c6ccc(N(c7ccccc7)C7C=CC=CC7)cc6)=NC(=N3)N45)cc2)c2ccc(C(C)(C)C)cc2)cc1. The van der Waals surface area contributed by atoms with E-state index in [0.29, 0.717) is 35.4 Å². The molecular formula is C76H76N10. The van der Waals surface area contributed by atoms with Crippen molar-refractivity contribution in [3.63, 3.8) is 0 Å². The third kappa shape index (κ3) is 11.8. The van der Waals surface area contributed by atoms with Crippen molar-refractivity contribution < 1.29 is 0 Å². The van der Waals surface area contributed by atoms with Crippen LogP contribution in [0.2, 0.25) is 0 Å². The monoisotopic (exact) mass is 1130 g/mol. The van der Waals surface area contributed by atoms with E-state index in [1.165, 1.54) is 22.3 Å². The number of allylic oxidation sites excluding steroid dienone is 2. The first-order valence-electron chi connectivity index (χ1n) is 30.0. The van der Waals surface area contributed by atoms with Gasteiger partial charge in [-0.3, -0.25) is 0 Å². The summed E-state index contributed by atoms with van der Waals surface area (Å²) in [5.74, 6) is 2.60. The minimum Gasteiger partial charge on any atom is -0.334 e. The normalized spacial score (nSPS) is 15.8. The van der Waals surface area contributed by atoms with Gasteiger partial charge < -0.3 is 14.7 Å². The number of anilines is 8. The summed E-state index contributed by atoms with van der Waals surface area (Å²) >= 11 is 0. The summed E-state index contributed by atoms with van der Waals surface area (Å²) in [5.41, 5.74) is 16.1. The highest BCUT2D eigenvalue weighted by Crippen LogP contribution is 2.40. The molecule has 0 spiro atoms. The number of amidine groups is 3. The average molecular weight is 1130 g/mol. The van der Waals surface area contributed by atoms with Crippen molar-refractivity contribution in [2.45, 2.75) is 117 Å². The van der Waals surface area contributed by atoms with Crippen LogP contribution in [0.4, 0.5) is 45.5 Å². The Kier molecular flexibility index (Phi) is 14.9. The highest BCUT2D eigenvalue weighted by molar-refractivity contribution is 6.34. The van der Waals surface area contributed by atoms with E-state index in [9.17, 15) is 0 Å². The van der Waals surface area contributed by atoms with E-state index in [1.807, 2.05) is 0 Å². The number of hydrogen-bond acceptors (Lipinski definition) is 10. The number of benzene rings is 8. The number of rotatable bonds is 12. The van der Waals surface area contributed by atoms with Crippen LogP contribution < -0.4 is 14.7 Å². The lowest BCUT2D eigenvalue weighted by Crippen LogP contribution is -2.48. The Morgan fingerprint density at radius 2 is 0.593 bits per heavy atom. The van der Waals surface area contributed by atoms with E-state index in [-0.39, 0.29) is 27.7 Å². The van der Waals surface area contributed by atoms with Gasteiger partial charge in [-0.1, -0.05) is 174 Å². The molecule has 0 N–H and O–H groups in total. The quantitative estimate of drug-likeness (QED) is 0.122. The molecule has 12 rings (SSSR count). The number of nitrogens with zero attached hydrogens (tertiary/aromatic N) is 10. The second-order valence-electron chi connectivity index (χ2n) is 26.7. The molecule has 10 nitrogen and oxygen atoms in total. The van der Waals surface area contributed by atoms with Crippen LogP contribution in [0.25, 0.3) is 0 Å². The number of para-hydroxylation sites is 1. The Morgan fingerprint density at radius 3 is 0.872 bits per heavy atom. The molecule has 1 aliphatic carbocycles. The summed E-state index contributed by atoms with van der Waals surface area (Å²) in [7, 11) is 0. The molecule has 0 radical (unpaired) electrons. The van der Waals surface area contributed by atoms with Crippen LogP contribution in [0.15, 0.2) is 254 Å². The fourth-order valence-electron chi connectivity index (χ4n) is 11.2. The Balaban J connectivity index is 0.934. The standard InChI is InChI=1S/C76H76N10/c1-73(2,3)54-29-43-63(44-30-54)84(64-45-31-55(32-46-64)74(4,5)6)61-39-25-52(26-40-61)68-79-70-77-67(51-23-37-60(38-24-51)83(58-19-15-13-16-20-58)59-21-17-14-18-22-59)78-71-80-69(82-72(81-68)86(70)71)53-27-41-62(42-28-53)85(65-47-33-56(34-48-65)75(7,8)9)66-49-35-57(36-50-66)76(10,11)12/h13-21,23-50,59H,22H2,1-12H3. The van der Waals surface area contributed by atoms with E-state index in [1.54, 1.807) is 4.90 Å². The predicted molar refractivity (Wildman–Crippen MR) is 363 cm³/mol. The topological polar surface area (TPSA) is 87.1 Å². The van der Waals surface area contributed by atoms with Gasteiger partial charge in [0.2, 0.25) is 17.9 Å². The van der Waals surface area contributed by atoms with Crippen molar-refractivity contribution in [1.82, 2.24) is 4.90 Å². The fourth-order valence-corrected chi connectivity index (χ4v) is 11.2. The van der Waals surface area contributed by atoms with E-state index < -0.39 is 0 Å². The molecule has 0 saturated carbocycles. The Hall–Kier alpha value is -9.54. The predicted octanol–water partition coefficient (Wildman–Crippen LogP) is 18.9. The zero-order chi connectivity index (χ0) is 60.1. The van der Waals surface area contributed by atoms with Gasteiger partial charge in [-0.05, 0) is 184 Å². The van der Waals surface area contributed by atoms with Gasteiger partial charge in [0.1, 0.15) is 0 Å². The molecule has 1 unspecified atom stereocenters. The molecule has 0 saturated heterocycles. The highest BCUT2D eigenvalue weighted by atomic mass is 15.5. The zero-order valence-electron chi connectivity index (χ0n) is 51.6. The Bertz CT molecular complexity index is 3770. The smallest absolute Gasteiger partial charge is 0.243 e. The summed E-state index contributed by atoms with van der Waals surface area (Å²) in [5, 5.41) is 0. The van der Waals surface area contributed by atoms with E-state index in [4.69, 9.17) is 30.0 Å². The first-order chi connectivity index (χ1) is 41.1. The molecule has 3 aliphatic heterocycles. The van der Waals surface area contributed by atoms with Crippen molar-refractivity contribution in [2.75, 3.05) is 14.7 Å². The molecule has 4 aliphatic rings. The van der Waals surface area contributed by atoms with Gasteiger partial charge in [0.25, 0.3) is 0 Å². The molecule has 3 heterocycles. The molecule has 0 aromatic heterocycles. The molecule has 1 atom stereocenters. The maximum atomic E-state index is 5.20. The van der Waals surface area contributed by atoms with Gasteiger partial charge >= 0.3 is 0 Å². The van der Waals surface area contributed by atoms with Gasteiger partial charge in [0, 0.05) is 62.2 Å². The van der Waals surface area contributed by atoms with Crippen molar-refractivity contribution in [2.24, 2.45) is 30.0 Å². The minimum atomic E-state index is 0.0216. The third-order valence-electron chi connectivity index (χ3n) is 16.3. The summed E-state index contributed by atoms with van der Waals surface area (Å²) in [4.78, 5) is 39.9. The van der Waals surface area contributed by atoms with Crippen molar-refractivity contribution in [3.8, 4) is 0 Å². The van der Waals surface area contributed by atoms with E-state index >= 15 is 0 Å². The second kappa shape index (κ2) is 22.5. The fraction of sp³-hybridized carbons (Fsp3) is 0.237. The van der Waals surface area contributed by atoms with Crippen LogP contribution in [-0.4, -0.2) is 46.3 Å². The van der Waals surface area contributed by atoms with Gasteiger partial charge in [-0.2, -0.15) is 30.0 Å². The largest absolute Gasteiger partial charge is 0.334 e. The molecule has 430 valence electrons. The number of hydrogen-bond donors (Lipinski definition) is 0. The van der Waals surface area contributed by atoms with Crippen LogP contribution in [0, 0.1) is 0 Å². The summed E-state index contributed by atoms with van der Waals surface area (Å²) in [6.45, 7) is 27.0. The molecule has 8 aromatic carbocycles. The third-order valence-corrected chi connectivity index (χ3v) is 16.3. The number of aliphatic imine (C=N–C) groups is 6. The molecule has 0 fully saturated rings. The molecule has 0 bridgehead atoms. The van der Waals surface area contributed by atoms with Crippen LogP contribution in [0.1, 0.15) is 128 Å². The minimum absolute atomic E-state index is 0.0216. The maximum Gasteiger partial charge on any atom is 0.243 e. The highest BCUT2D eigenvalue weighted by Gasteiger charge is 2.36. The van der Waals surface area contributed by atoms with Crippen molar-refractivity contribution in [3.05, 3.63) is 263 Å². The van der Waals surface area contributed by atoms with E-state index in [2.05, 4.69) is 322 Å².